The third kappa shape index (κ3) is 5.47. The van der Waals surface area contributed by atoms with Gasteiger partial charge in [-0.25, -0.2) is 4.39 Å². The first-order valence-electron chi connectivity index (χ1n) is 8.06. The molecule has 3 atom stereocenters. The van der Waals surface area contributed by atoms with E-state index in [0.717, 1.165) is 24.9 Å². The van der Waals surface area contributed by atoms with E-state index in [1.807, 2.05) is 0 Å². The summed E-state index contributed by atoms with van der Waals surface area (Å²) in [4.78, 5) is 12.6. The average molecular weight is 343 g/mol. The van der Waals surface area contributed by atoms with Crippen LogP contribution in [0.2, 0.25) is 0 Å². The van der Waals surface area contributed by atoms with E-state index in [1.54, 1.807) is 12.1 Å². The number of hydrogen-bond donors (Lipinski definition) is 2. The SMILES string of the molecule is C[C@H]1C[C@@H](C(=O)NC(c2ccc(F)cc2)C(C)(C)C)CCN1.Cl. The summed E-state index contributed by atoms with van der Waals surface area (Å²) < 4.78 is 13.1. The fraction of sp³-hybridized carbons (Fsp3) is 0.611. The maximum absolute atomic E-state index is 13.1. The number of carbonyl (C=O) groups is 1. The summed E-state index contributed by atoms with van der Waals surface area (Å²) in [7, 11) is 0. The Hall–Kier alpha value is -1.13. The quantitative estimate of drug-likeness (QED) is 0.876. The topological polar surface area (TPSA) is 41.1 Å². The zero-order valence-corrected chi connectivity index (χ0v) is 15.2. The molecule has 130 valence electrons. The van der Waals surface area contributed by atoms with Crippen LogP contribution in [0.3, 0.4) is 0 Å². The van der Waals surface area contributed by atoms with Gasteiger partial charge in [0.2, 0.25) is 5.91 Å². The molecule has 1 aliphatic rings. The Bertz CT molecular complexity index is 513. The predicted octanol–water partition coefficient (Wildman–Crippen LogP) is 3.84. The second-order valence-corrected chi connectivity index (χ2v) is 7.44. The van der Waals surface area contributed by atoms with Gasteiger partial charge in [-0.2, -0.15) is 0 Å². The van der Waals surface area contributed by atoms with Crippen LogP contribution in [0.5, 0.6) is 0 Å². The van der Waals surface area contributed by atoms with Crippen molar-refractivity contribution < 1.29 is 9.18 Å². The zero-order chi connectivity index (χ0) is 16.3. The number of nitrogens with one attached hydrogen (secondary N) is 2. The van der Waals surface area contributed by atoms with E-state index in [0.29, 0.717) is 6.04 Å². The third-order valence-electron chi connectivity index (χ3n) is 4.35. The van der Waals surface area contributed by atoms with E-state index in [2.05, 4.69) is 38.3 Å². The van der Waals surface area contributed by atoms with E-state index in [-0.39, 0.29) is 41.5 Å². The van der Waals surface area contributed by atoms with E-state index in [1.165, 1.54) is 12.1 Å². The van der Waals surface area contributed by atoms with Crippen molar-refractivity contribution in [3.8, 4) is 0 Å². The van der Waals surface area contributed by atoms with Gasteiger partial charge in [-0.1, -0.05) is 32.9 Å². The molecule has 3 nitrogen and oxygen atoms in total. The largest absolute Gasteiger partial charge is 0.349 e. The molecule has 2 N–H and O–H groups in total. The van der Waals surface area contributed by atoms with Gasteiger partial charge in [0.05, 0.1) is 6.04 Å². The van der Waals surface area contributed by atoms with Gasteiger partial charge >= 0.3 is 0 Å². The van der Waals surface area contributed by atoms with Crippen molar-refractivity contribution >= 4 is 18.3 Å². The molecular formula is C18H28ClFN2O. The number of carbonyl (C=O) groups excluding carboxylic acids is 1. The number of halogens is 2. The Morgan fingerprint density at radius 3 is 2.43 bits per heavy atom. The maximum atomic E-state index is 13.1. The van der Waals surface area contributed by atoms with Crippen LogP contribution in [0.25, 0.3) is 0 Å². The molecule has 1 fully saturated rings. The lowest BCUT2D eigenvalue weighted by Crippen LogP contribution is -2.45. The van der Waals surface area contributed by atoms with Gasteiger partial charge in [0.15, 0.2) is 0 Å². The summed E-state index contributed by atoms with van der Waals surface area (Å²) in [6.45, 7) is 9.27. The van der Waals surface area contributed by atoms with Gasteiger partial charge in [-0.3, -0.25) is 4.79 Å². The van der Waals surface area contributed by atoms with Crippen molar-refractivity contribution in [2.24, 2.45) is 11.3 Å². The highest BCUT2D eigenvalue weighted by Gasteiger charge is 2.31. The minimum atomic E-state index is -0.255. The Kier molecular flexibility index (Phi) is 7.02. The first kappa shape index (κ1) is 19.9. The van der Waals surface area contributed by atoms with Gasteiger partial charge in [0, 0.05) is 12.0 Å². The van der Waals surface area contributed by atoms with Crippen molar-refractivity contribution in [2.45, 2.75) is 52.6 Å². The maximum Gasteiger partial charge on any atom is 0.223 e. The molecular weight excluding hydrogens is 315 g/mol. The number of rotatable bonds is 3. The molecule has 1 aromatic rings. The second-order valence-electron chi connectivity index (χ2n) is 7.44. The zero-order valence-electron chi connectivity index (χ0n) is 14.4. The summed E-state index contributed by atoms with van der Waals surface area (Å²) in [6, 6.07) is 6.68. The molecule has 23 heavy (non-hydrogen) atoms. The van der Waals surface area contributed by atoms with Crippen molar-refractivity contribution in [3.05, 3.63) is 35.6 Å². The number of hydrogen-bond acceptors (Lipinski definition) is 2. The molecule has 1 aliphatic heterocycles. The van der Waals surface area contributed by atoms with Gasteiger partial charge in [-0.05, 0) is 49.4 Å². The molecule has 1 heterocycles. The minimum Gasteiger partial charge on any atom is -0.349 e. The first-order chi connectivity index (χ1) is 10.3. The highest BCUT2D eigenvalue weighted by molar-refractivity contribution is 5.85. The van der Waals surface area contributed by atoms with Crippen LogP contribution in [-0.4, -0.2) is 18.5 Å². The van der Waals surface area contributed by atoms with Crippen LogP contribution >= 0.6 is 12.4 Å². The smallest absolute Gasteiger partial charge is 0.223 e. The summed E-state index contributed by atoms with van der Waals surface area (Å²) in [5.74, 6) is -0.0888. The highest BCUT2D eigenvalue weighted by atomic mass is 35.5. The first-order valence-corrected chi connectivity index (χ1v) is 8.06. The molecule has 0 aliphatic carbocycles. The van der Waals surface area contributed by atoms with Crippen LogP contribution in [0.15, 0.2) is 24.3 Å². The van der Waals surface area contributed by atoms with Crippen molar-refractivity contribution in [3.63, 3.8) is 0 Å². The van der Waals surface area contributed by atoms with Crippen molar-refractivity contribution in [1.29, 1.82) is 0 Å². The molecule has 1 saturated heterocycles. The average Bonchev–Trinajstić information content (AvgIpc) is 2.44. The molecule has 5 heteroatoms. The van der Waals surface area contributed by atoms with Gasteiger partial charge in [0.25, 0.3) is 0 Å². The van der Waals surface area contributed by atoms with Crippen molar-refractivity contribution in [2.75, 3.05) is 6.54 Å². The van der Waals surface area contributed by atoms with Gasteiger partial charge in [-0.15, -0.1) is 12.4 Å². The van der Waals surface area contributed by atoms with E-state index in [4.69, 9.17) is 0 Å². The fourth-order valence-corrected chi connectivity index (χ4v) is 3.09. The lowest BCUT2D eigenvalue weighted by molar-refractivity contribution is -0.127. The normalized spacial score (nSPS) is 22.8. The lowest BCUT2D eigenvalue weighted by atomic mass is 9.81. The van der Waals surface area contributed by atoms with Crippen LogP contribution in [0.4, 0.5) is 4.39 Å². The molecule has 2 rings (SSSR count). The summed E-state index contributed by atoms with van der Waals surface area (Å²) in [5, 5.41) is 6.56. The predicted molar refractivity (Wildman–Crippen MR) is 94.2 cm³/mol. The molecule has 0 saturated carbocycles. The summed E-state index contributed by atoms with van der Waals surface area (Å²) in [5.41, 5.74) is 0.815. The Morgan fingerprint density at radius 1 is 1.30 bits per heavy atom. The molecule has 0 aromatic heterocycles. The highest BCUT2D eigenvalue weighted by Crippen LogP contribution is 2.33. The fourth-order valence-electron chi connectivity index (χ4n) is 3.09. The lowest BCUT2D eigenvalue weighted by Gasteiger charge is -2.35. The van der Waals surface area contributed by atoms with Crippen LogP contribution in [-0.2, 0) is 4.79 Å². The van der Waals surface area contributed by atoms with Crippen LogP contribution < -0.4 is 10.6 Å². The van der Waals surface area contributed by atoms with Crippen LogP contribution in [0.1, 0.15) is 52.1 Å². The van der Waals surface area contributed by atoms with Crippen molar-refractivity contribution in [1.82, 2.24) is 10.6 Å². The van der Waals surface area contributed by atoms with Gasteiger partial charge in [0.1, 0.15) is 5.82 Å². The summed E-state index contributed by atoms with van der Waals surface area (Å²) >= 11 is 0. The molecule has 1 aromatic carbocycles. The Morgan fingerprint density at radius 2 is 1.91 bits per heavy atom. The molecule has 0 spiro atoms. The number of benzene rings is 1. The van der Waals surface area contributed by atoms with Crippen LogP contribution in [0, 0.1) is 17.2 Å². The monoisotopic (exact) mass is 342 g/mol. The standard InChI is InChI=1S/C18H27FN2O.ClH/c1-12-11-14(9-10-20-12)17(22)21-16(18(2,3)4)13-5-7-15(19)8-6-13;/h5-8,12,14,16,20H,9-11H2,1-4H3,(H,21,22);1H/t12-,14-,16?;/m0./s1. The Balaban J connectivity index is 0.00000264. The van der Waals surface area contributed by atoms with E-state index in [9.17, 15) is 9.18 Å². The molecule has 1 amide bonds. The Labute approximate surface area is 144 Å². The minimum absolute atomic E-state index is 0. The molecule has 0 radical (unpaired) electrons. The summed E-state index contributed by atoms with van der Waals surface area (Å²) in [6.07, 6.45) is 1.74. The second kappa shape index (κ2) is 8.11. The van der Waals surface area contributed by atoms with Gasteiger partial charge < -0.3 is 10.6 Å². The van der Waals surface area contributed by atoms with E-state index < -0.39 is 0 Å². The van der Waals surface area contributed by atoms with E-state index >= 15 is 0 Å². The third-order valence-corrected chi connectivity index (χ3v) is 4.35. The molecule has 0 bridgehead atoms. The number of piperidine rings is 1. The molecule has 1 unspecified atom stereocenters. The number of amides is 1.